The number of rotatable bonds is 4. The van der Waals surface area contributed by atoms with Gasteiger partial charge in [-0.3, -0.25) is 0 Å². The summed E-state index contributed by atoms with van der Waals surface area (Å²) in [6, 6.07) is 6.07. The molecule has 0 saturated heterocycles. The number of urea groups is 1. The number of thiophene rings is 1. The molecular weight excluding hydrogens is 303 g/mol. The third-order valence-electron chi connectivity index (χ3n) is 3.87. The molecule has 6 heteroatoms. The van der Waals surface area contributed by atoms with E-state index in [0.29, 0.717) is 0 Å². The van der Waals surface area contributed by atoms with Crippen molar-refractivity contribution in [2.24, 2.45) is 0 Å². The van der Waals surface area contributed by atoms with Crippen LogP contribution in [-0.4, -0.2) is 17.7 Å². The molecule has 2 unspecified atom stereocenters. The molecular formula is C16H17FN2O2S. The lowest BCUT2D eigenvalue weighted by Gasteiger charge is -2.16. The van der Waals surface area contributed by atoms with Gasteiger partial charge in [0, 0.05) is 6.54 Å². The number of hydrogen-bond acceptors (Lipinski definition) is 3. The Balaban J connectivity index is 1.53. The number of aliphatic hydroxyl groups is 1. The molecule has 0 bridgehead atoms. The van der Waals surface area contributed by atoms with Crippen molar-refractivity contribution >= 4 is 17.4 Å². The Morgan fingerprint density at radius 1 is 1.45 bits per heavy atom. The van der Waals surface area contributed by atoms with Crippen LogP contribution in [0.5, 0.6) is 0 Å². The first kappa shape index (κ1) is 15.0. The lowest BCUT2D eigenvalue weighted by molar-refractivity contribution is 0.173. The SMILES string of the molecule is O=C(NCC(O)c1ccsc1)NC1CCc2cc(F)ccc21. The molecule has 0 saturated carbocycles. The maximum atomic E-state index is 13.2. The van der Waals surface area contributed by atoms with Gasteiger partial charge in [0.2, 0.25) is 0 Å². The molecule has 0 spiro atoms. The van der Waals surface area contributed by atoms with Gasteiger partial charge in [-0.25, -0.2) is 9.18 Å². The van der Waals surface area contributed by atoms with Crippen LogP contribution in [0.25, 0.3) is 0 Å². The normalized spacial score (nSPS) is 17.8. The van der Waals surface area contributed by atoms with Crippen LogP contribution in [0.3, 0.4) is 0 Å². The Bertz CT molecular complexity index is 660. The predicted molar refractivity (Wildman–Crippen MR) is 83.3 cm³/mol. The van der Waals surface area contributed by atoms with E-state index in [-0.39, 0.29) is 24.4 Å². The summed E-state index contributed by atoms with van der Waals surface area (Å²) >= 11 is 1.50. The maximum Gasteiger partial charge on any atom is 0.315 e. The minimum Gasteiger partial charge on any atom is -0.387 e. The van der Waals surface area contributed by atoms with Crippen molar-refractivity contribution in [3.8, 4) is 0 Å². The standard InChI is InChI=1S/C16H17FN2O2S/c17-12-2-3-13-10(7-12)1-4-14(13)19-16(21)18-8-15(20)11-5-6-22-9-11/h2-3,5-7,9,14-15,20H,1,4,8H2,(H2,18,19,21). The number of nitrogens with one attached hydrogen (secondary N) is 2. The van der Waals surface area contributed by atoms with Crippen LogP contribution in [-0.2, 0) is 6.42 Å². The highest BCUT2D eigenvalue weighted by molar-refractivity contribution is 7.07. The average molecular weight is 320 g/mol. The Hall–Kier alpha value is -1.92. The molecule has 1 aromatic carbocycles. The molecule has 2 aromatic rings. The van der Waals surface area contributed by atoms with Crippen molar-refractivity contribution in [2.45, 2.75) is 25.0 Å². The van der Waals surface area contributed by atoms with E-state index in [1.807, 2.05) is 16.8 Å². The number of carbonyl (C=O) groups excluding carboxylic acids is 1. The number of amides is 2. The Kier molecular flexibility index (Phi) is 4.40. The van der Waals surface area contributed by atoms with Crippen molar-refractivity contribution in [3.63, 3.8) is 0 Å². The Morgan fingerprint density at radius 3 is 3.09 bits per heavy atom. The summed E-state index contributed by atoms with van der Waals surface area (Å²) in [4.78, 5) is 11.9. The lowest BCUT2D eigenvalue weighted by atomic mass is 10.1. The second kappa shape index (κ2) is 6.46. The van der Waals surface area contributed by atoms with Crippen molar-refractivity contribution < 1.29 is 14.3 Å². The van der Waals surface area contributed by atoms with Crippen LogP contribution in [0.15, 0.2) is 35.0 Å². The molecule has 0 aliphatic heterocycles. The van der Waals surface area contributed by atoms with E-state index in [1.165, 1.54) is 23.5 Å². The highest BCUT2D eigenvalue weighted by Crippen LogP contribution is 2.31. The summed E-state index contributed by atoms with van der Waals surface area (Å²) in [5.74, 6) is -0.247. The van der Waals surface area contributed by atoms with Gasteiger partial charge in [-0.1, -0.05) is 6.07 Å². The zero-order valence-corrected chi connectivity index (χ0v) is 12.7. The quantitative estimate of drug-likeness (QED) is 0.811. The number of fused-ring (bicyclic) bond motifs is 1. The van der Waals surface area contributed by atoms with Gasteiger partial charge >= 0.3 is 6.03 Å². The van der Waals surface area contributed by atoms with Gasteiger partial charge in [0.1, 0.15) is 5.82 Å². The highest BCUT2D eigenvalue weighted by atomic mass is 32.1. The van der Waals surface area contributed by atoms with Crippen molar-refractivity contribution in [3.05, 3.63) is 57.5 Å². The first-order valence-corrected chi connectivity index (χ1v) is 8.10. The zero-order valence-electron chi connectivity index (χ0n) is 11.9. The number of benzene rings is 1. The minimum atomic E-state index is -0.707. The molecule has 22 heavy (non-hydrogen) atoms. The fourth-order valence-corrected chi connectivity index (χ4v) is 3.42. The molecule has 3 rings (SSSR count). The summed E-state index contributed by atoms with van der Waals surface area (Å²) in [6.45, 7) is 0.158. The molecule has 2 amide bonds. The molecule has 3 N–H and O–H groups in total. The van der Waals surface area contributed by atoms with Gasteiger partial charge in [-0.05, 0) is 58.5 Å². The summed E-state index contributed by atoms with van der Waals surface area (Å²) in [5.41, 5.74) is 2.71. The third kappa shape index (κ3) is 3.28. The summed E-state index contributed by atoms with van der Waals surface area (Å²) < 4.78 is 13.2. The molecule has 1 aromatic heterocycles. The second-order valence-electron chi connectivity index (χ2n) is 5.36. The van der Waals surface area contributed by atoms with Crippen molar-refractivity contribution in [1.82, 2.24) is 10.6 Å². The first-order valence-electron chi connectivity index (χ1n) is 7.16. The zero-order chi connectivity index (χ0) is 15.5. The van der Waals surface area contributed by atoms with Crippen LogP contribution < -0.4 is 10.6 Å². The molecule has 116 valence electrons. The second-order valence-corrected chi connectivity index (χ2v) is 6.14. The highest BCUT2D eigenvalue weighted by Gasteiger charge is 2.24. The monoisotopic (exact) mass is 320 g/mol. The summed E-state index contributed by atoms with van der Waals surface area (Å²) in [6.07, 6.45) is 0.816. The number of halogens is 1. The molecule has 1 aliphatic carbocycles. The van der Waals surface area contributed by atoms with Gasteiger partial charge < -0.3 is 15.7 Å². The first-order chi connectivity index (χ1) is 10.6. The number of aliphatic hydroxyl groups excluding tert-OH is 1. The Morgan fingerprint density at radius 2 is 2.32 bits per heavy atom. The number of hydrogen-bond donors (Lipinski definition) is 3. The number of aryl methyl sites for hydroxylation is 1. The van der Waals surface area contributed by atoms with Gasteiger partial charge in [0.15, 0.2) is 0 Å². The molecule has 2 atom stereocenters. The smallest absolute Gasteiger partial charge is 0.315 e. The third-order valence-corrected chi connectivity index (χ3v) is 4.57. The van der Waals surface area contributed by atoms with Gasteiger partial charge in [0.05, 0.1) is 12.1 Å². The summed E-state index contributed by atoms with van der Waals surface area (Å²) in [7, 11) is 0. The van der Waals surface area contributed by atoms with Gasteiger partial charge in [0.25, 0.3) is 0 Å². The van der Waals surface area contributed by atoms with Crippen molar-refractivity contribution in [1.29, 1.82) is 0 Å². The van der Waals surface area contributed by atoms with E-state index in [2.05, 4.69) is 10.6 Å². The molecule has 1 heterocycles. The summed E-state index contributed by atoms with van der Waals surface area (Å²) in [5, 5.41) is 19.2. The van der Waals surface area contributed by atoms with Crippen LogP contribution in [0.2, 0.25) is 0 Å². The number of carbonyl (C=O) groups is 1. The van der Waals surface area contributed by atoms with Crippen molar-refractivity contribution in [2.75, 3.05) is 6.54 Å². The van der Waals surface area contributed by atoms with E-state index in [0.717, 1.165) is 29.5 Å². The Labute approximate surface area is 132 Å². The van der Waals surface area contributed by atoms with E-state index in [9.17, 15) is 14.3 Å². The molecule has 1 aliphatic rings. The fraction of sp³-hybridized carbons (Fsp3) is 0.312. The van der Waals surface area contributed by atoms with E-state index < -0.39 is 6.10 Å². The van der Waals surface area contributed by atoms with Crippen LogP contribution in [0, 0.1) is 5.82 Å². The van der Waals surface area contributed by atoms with E-state index >= 15 is 0 Å². The molecule has 0 fully saturated rings. The maximum absolute atomic E-state index is 13.2. The fourth-order valence-electron chi connectivity index (χ4n) is 2.72. The lowest BCUT2D eigenvalue weighted by Crippen LogP contribution is -2.39. The molecule has 4 nitrogen and oxygen atoms in total. The molecule has 0 radical (unpaired) electrons. The van der Waals surface area contributed by atoms with Gasteiger partial charge in [-0.15, -0.1) is 0 Å². The minimum absolute atomic E-state index is 0.103. The van der Waals surface area contributed by atoms with Crippen LogP contribution >= 0.6 is 11.3 Å². The van der Waals surface area contributed by atoms with Gasteiger partial charge in [-0.2, -0.15) is 11.3 Å². The topological polar surface area (TPSA) is 61.4 Å². The van der Waals surface area contributed by atoms with E-state index in [1.54, 1.807) is 6.07 Å². The average Bonchev–Trinajstić information content (AvgIpc) is 3.15. The largest absolute Gasteiger partial charge is 0.387 e. The van der Waals surface area contributed by atoms with Crippen LogP contribution in [0.1, 0.15) is 35.3 Å². The van der Waals surface area contributed by atoms with Crippen LogP contribution in [0.4, 0.5) is 9.18 Å². The predicted octanol–water partition coefficient (Wildman–Crippen LogP) is 2.91. The van der Waals surface area contributed by atoms with E-state index in [4.69, 9.17) is 0 Å².